The van der Waals surface area contributed by atoms with Crippen LogP contribution in [0.3, 0.4) is 0 Å². The number of carbonyl (C=O) groups is 2. The number of rotatable bonds is 6. The maximum Gasteiger partial charge on any atom is 0.343 e. The fourth-order valence-corrected chi connectivity index (χ4v) is 2.75. The molecule has 0 aliphatic rings. The first-order chi connectivity index (χ1) is 12.0. The second-order valence-electron chi connectivity index (χ2n) is 4.88. The van der Waals surface area contributed by atoms with E-state index in [9.17, 15) is 9.59 Å². The van der Waals surface area contributed by atoms with Crippen molar-refractivity contribution >= 4 is 40.6 Å². The van der Waals surface area contributed by atoms with Gasteiger partial charge >= 0.3 is 11.9 Å². The predicted octanol–water partition coefficient (Wildman–Crippen LogP) is 4.10. The van der Waals surface area contributed by atoms with Crippen LogP contribution in [0.1, 0.15) is 22.8 Å². The lowest BCUT2D eigenvalue weighted by Gasteiger charge is -2.12. The zero-order valence-corrected chi connectivity index (χ0v) is 16.0. The van der Waals surface area contributed by atoms with Gasteiger partial charge in [0.25, 0.3) is 0 Å². The van der Waals surface area contributed by atoms with Gasteiger partial charge in [-0.2, -0.15) is 0 Å². The summed E-state index contributed by atoms with van der Waals surface area (Å²) in [6.07, 6.45) is 2.95. The van der Waals surface area contributed by atoms with E-state index in [0.29, 0.717) is 27.2 Å². The van der Waals surface area contributed by atoms with E-state index in [1.807, 2.05) is 6.07 Å². The molecule has 130 valence electrons. The molecule has 0 heterocycles. The second-order valence-corrected chi connectivity index (χ2v) is 6.04. The van der Waals surface area contributed by atoms with Crippen molar-refractivity contribution in [2.75, 3.05) is 13.7 Å². The number of methoxy groups -OCH3 is 1. The van der Waals surface area contributed by atoms with E-state index in [-0.39, 0.29) is 0 Å². The molecule has 0 N–H and O–H groups in total. The molecular formula is C19H17IO5. The molecule has 2 rings (SSSR count). The Hall–Kier alpha value is -2.35. The number of benzene rings is 2. The average Bonchev–Trinajstić information content (AvgIpc) is 2.62. The molecule has 0 aliphatic carbocycles. The molecule has 0 radical (unpaired) electrons. The minimum absolute atomic E-state index is 0.318. The van der Waals surface area contributed by atoms with Crippen molar-refractivity contribution in [2.45, 2.75) is 6.92 Å². The Balaban J connectivity index is 2.25. The monoisotopic (exact) mass is 452 g/mol. The second kappa shape index (κ2) is 9.22. The van der Waals surface area contributed by atoms with Gasteiger partial charge in [0, 0.05) is 6.08 Å². The molecule has 0 aliphatic heterocycles. The summed E-state index contributed by atoms with van der Waals surface area (Å²) in [5, 5.41) is 0. The molecule has 2 aromatic rings. The molecule has 0 unspecified atom stereocenters. The van der Waals surface area contributed by atoms with Crippen LogP contribution in [0, 0.1) is 3.57 Å². The average molecular weight is 452 g/mol. The summed E-state index contributed by atoms with van der Waals surface area (Å²) in [7, 11) is 1.49. The van der Waals surface area contributed by atoms with Crippen LogP contribution in [0.2, 0.25) is 0 Å². The third kappa shape index (κ3) is 5.32. The van der Waals surface area contributed by atoms with Crippen molar-refractivity contribution in [3.05, 3.63) is 63.2 Å². The zero-order valence-electron chi connectivity index (χ0n) is 13.8. The van der Waals surface area contributed by atoms with Gasteiger partial charge in [-0.1, -0.05) is 18.2 Å². The molecule has 0 atom stereocenters. The van der Waals surface area contributed by atoms with Gasteiger partial charge in [0.15, 0.2) is 11.5 Å². The molecule has 6 heteroatoms. The maximum atomic E-state index is 12.3. The fourth-order valence-electron chi connectivity index (χ4n) is 2.02. The quantitative estimate of drug-likeness (QED) is 0.286. The van der Waals surface area contributed by atoms with Crippen molar-refractivity contribution in [3.8, 4) is 11.5 Å². The Kier molecular flexibility index (Phi) is 7.00. The highest BCUT2D eigenvalue weighted by Crippen LogP contribution is 2.35. The van der Waals surface area contributed by atoms with Gasteiger partial charge in [-0.05, 0) is 65.4 Å². The van der Waals surface area contributed by atoms with Crippen LogP contribution in [0.15, 0.2) is 48.5 Å². The number of ether oxygens (including phenoxy) is 3. The number of hydrogen-bond acceptors (Lipinski definition) is 5. The van der Waals surface area contributed by atoms with E-state index in [0.717, 1.165) is 5.56 Å². The molecule has 0 aromatic heterocycles. The third-order valence-electron chi connectivity index (χ3n) is 3.15. The van der Waals surface area contributed by atoms with Crippen molar-refractivity contribution in [2.24, 2.45) is 0 Å². The molecule has 0 saturated heterocycles. The highest BCUT2D eigenvalue weighted by Gasteiger charge is 2.16. The molecule has 0 saturated carbocycles. The normalized spacial score (nSPS) is 10.5. The highest BCUT2D eigenvalue weighted by atomic mass is 127. The third-order valence-corrected chi connectivity index (χ3v) is 3.96. The maximum absolute atomic E-state index is 12.3. The summed E-state index contributed by atoms with van der Waals surface area (Å²) in [4.78, 5) is 23.7. The van der Waals surface area contributed by atoms with Gasteiger partial charge in [-0.3, -0.25) is 0 Å². The fraction of sp³-hybridized carbons (Fsp3) is 0.158. The smallest absolute Gasteiger partial charge is 0.343 e. The van der Waals surface area contributed by atoms with E-state index in [2.05, 4.69) is 22.6 Å². The standard InChI is InChI=1S/C19H17IO5/c1-3-24-17(21)10-9-13-11-15(20)18(16(12-13)23-2)25-19(22)14-7-5-4-6-8-14/h4-12H,3H2,1-2H3/b10-9+. The van der Waals surface area contributed by atoms with E-state index < -0.39 is 11.9 Å². The van der Waals surface area contributed by atoms with Crippen LogP contribution in [-0.2, 0) is 9.53 Å². The predicted molar refractivity (Wildman–Crippen MR) is 103 cm³/mol. The first-order valence-corrected chi connectivity index (χ1v) is 8.62. The van der Waals surface area contributed by atoms with Crippen LogP contribution >= 0.6 is 22.6 Å². The molecule has 5 nitrogen and oxygen atoms in total. The van der Waals surface area contributed by atoms with Crippen molar-refractivity contribution in [1.82, 2.24) is 0 Å². The van der Waals surface area contributed by atoms with Gasteiger partial charge in [0.05, 0.1) is 22.9 Å². The minimum Gasteiger partial charge on any atom is -0.493 e. The number of carbonyl (C=O) groups excluding carboxylic acids is 2. The summed E-state index contributed by atoms with van der Waals surface area (Å²) >= 11 is 2.05. The Labute approximate surface area is 159 Å². The van der Waals surface area contributed by atoms with Gasteiger partial charge < -0.3 is 14.2 Å². The summed E-state index contributed by atoms with van der Waals surface area (Å²) in [6.45, 7) is 2.06. The Bertz CT molecular complexity index is 784. The number of halogens is 1. The molecule has 0 amide bonds. The largest absolute Gasteiger partial charge is 0.493 e. The lowest BCUT2D eigenvalue weighted by molar-refractivity contribution is -0.137. The highest BCUT2D eigenvalue weighted by molar-refractivity contribution is 14.1. The van der Waals surface area contributed by atoms with Crippen molar-refractivity contribution in [1.29, 1.82) is 0 Å². The summed E-state index contributed by atoms with van der Waals surface area (Å²) in [5.41, 5.74) is 1.18. The number of hydrogen-bond donors (Lipinski definition) is 0. The first-order valence-electron chi connectivity index (χ1n) is 7.54. The molecule has 0 spiro atoms. The van der Waals surface area contributed by atoms with E-state index in [1.54, 1.807) is 49.4 Å². The zero-order chi connectivity index (χ0) is 18.2. The molecule has 0 bridgehead atoms. The number of esters is 2. The van der Waals surface area contributed by atoms with Crippen LogP contribution < -0.4 is 9.47 Å². The lowest BCUT2D eigenvalue weighted by atomic mass is 10.2. The van der Waals surface area contributed by atoms with Crippen LogP contribution in [-0.4, -0.2) is 25.7 Å². The SMILES string of the molecule is CCOC(=O)/C=C/c1cc(I)c(OC(=O)c2ccccc2)c(OC)c1. The van der Waals surface area contributed by atoms with Gasteiger partial charge in [0.2, 0.25) is 0 Å². The Morgan fingerprint density at radius 3 is 2.52 bits per heavy atom. The van der Waals surface area contributed by atoms with Gasteiger partial charge in [-0.15, -0.1) is 0 Å². The van der Waals surface area contributed by atoms with Crippen molar-refractivity contribution < 1.29 is 23.8 Å². The molecule has 25 heavy (non-hydrogen) atoms. The van der Waals surface area contributed by atoms with E-state index in [1.165, 1.54) is 13.2 Å². The molecule has 0 fully saturated rings. The summed E-state index contributed by atoms with van der Waals surface area (Å²) < 4.78 is 16.3. The van der Waals surface area contributed by atoms with E-state index >= 15 is 0 Å². The Morgan fingerprint density at radius 2 is 1.88 bits per heavy atom. The van der Waals surface area contributed by atoms with Crippen LogP contribution in [0.4, 0.5) is 0 Å². The molecular weight excluding hydrogens is 435 g/mol. The van der Waals surface area contributed by atoms with Crippen LogP contribution in [0.5, 0.6) is 11.5 Å². The van der Waals surface area contributed by atoms with Gasteiger partial charge in [-0.25, -0.2) is 9.59 Å². The Morgan fingerprint density at radius 1 is 1.16 bits per heavy atom. The van der Waals surface area contributed by atoms with Crippen LogP contribution in [0.25, 0.3) is 6.08 Å². The van der Waals surface area contributed by atoms with Crippen molar-refractivity contribution in [3.63, 3.8) is 0 Å². The van der Waals surface area contributed by atoms with E-state index in [4.69, 9.17) is 14.2 Å². The molecule has 2 aromatic carbocycles. The lowest BCUT2D eigenvalue weighted by Crippen LogP contribution is -2.10. The first kappa shape index (κ1) is 19.0. The summed E-state index contributed by atoms with van der Waals surface area (Å²) in [6, 6.07) is 12.2. The minimum atomic E-state index is -0.466. The van der Waals surface area contributed by atoms with Gasteiger partial charge in [0.1, 0.15) is 0 Å². The topological polar surface area (TPSA) is 61.8 Å². The summed E-state index contributed by atoms with van der Waals surface area (Å²) in [5.74, 6) is -0.146.